The standard InChI is InChI=1S/CN.Cr.K/c1-2;;. The molecule has 0 spiro atoms. The molecule has 0 aromatic heterocycles. The van der Waals surface area contributed by atoms with Crippen LogP contribution in [0.25, 0.3) is 0 Å². The van der Waals surface area contributed by atoms with E-state index in [0.717, 1.165) is 0 Å². The van der Waals surface area contributed by atoms with Gasteiger partial charge in [0.05, 0.1) is 0 Å². The van der Waals surface area contributed by atoms with Crippen LogP contribution in [0.5, 0.6) is 0 Å². The molecule has 3 heteroatoms. The third-order valence-electron chi connectivity index (χ3n) is 0. The summed E-state index contributed by atoms with van der Waals surface area (Å²) in [5, 5.41) is 7.40. The zero-order chi connectivity index (χ0) is 2.71. The topological polar surface area (TPSA) is 23.8 Å². The Morgan fingerprint density at radius 2 is 1.75 bits per heavy atom. The summed E-state index contributed by atoms with van der Waals surface area (Å²) in [6.07, 6.45) is 0. The van der Waals surface area contributed by atoms with Crippen molar-refractivity contribution >= 4 is 49.0 Å². The predicted molar refractivity (Wildman–Crippen MR) is 11.4 cm³/mol. The molecule has 0 fully saturated rings. The maximum Gasteiger partial charge on any atom is 0 e. The quantitative estimate of drug-likeness (QED) is 0.397. The molecule has 0 atom stereocenters. The van der Waals surface area contributed by atoms with E-state index in [1.807, 2.05) is 0.164 Å². The van der Waals surface area contributed by atoms with E-state index in [4.69, 9.17) is 5.26 Å². The SMILES string of the molecule is N#[C][K].[Cr]. The summed E-state index contributed by atoms with van der Waals surface area (Å²) in [5.74, 6) is 0. The van der Waals surface area contributed by atoms with E-state index in [2.05, 4.69) is 0 Å². The van der Waals surface area contributed by atoms with Crippen molar-refractivity contribution in [3.05, 3.63) is 0 Å². The molecular weight excluding hydrogens is 117 g/mol. The summed E-state index contributed by atoms with van der Waals surface area (Å²) in [6, 6.07) is 0. The maximum atomic E-state index is 7.40. The summed E-state index contributed by atoms with van der Waals surface area (Å²) >= 11 is 0.410. The van der Waals surface area contributed by atoms with E-state index in [-0.39, 0.29) is 17.4 Å². The number of rotatable bonds is 0. The minimum absolute atomic E-state index is 0. The van der Waals surface area contributed by atoms with Gasteiger partial charge < -0.3 is 0 Å². The fourth-order valence-corrected chi connectivity index (χ4v) is 0. The predicted octanol–water partition coefficient (Wildman–Crippen LogP) is -0.367. The van der Waals surface area contributed by atoms with Crippen molar-refractivity contribution in [2.75, 3.05) is 0 Å². The van der Waals surface area contributed by atoms with Gasteiger partial charge in [-0.05, 0) is 0 Å². The second kappa shape index (κ2) is 8.82. The van der Waals surface area contributed by atoms with Gasteiger partial charge in [0.25, 0.3) is 0 Å². The molecule has 0 aliphatic heterocycles. The smallest absolute Gasteiger partial charge is 0 e. The summed E-state index contributed by atoms with van der Waals surface area (Å²) in [7, 11) is 0. The van der Waals surface area contributed by atoms with Crippen LogP contribution >= 0.6 is 0 Å². The molecule has 0 aliphatic carbocycles. The molecule has 0 aromatic carbocycles. The second-order valence-corrected chi connectivity index (χ2v) is 0.922. The molecule has 0 aliphatic rings. The average Bonchev–Trinajstić information content (AvgIpc) is 0.918. The third kappa shape index (κ3) is 9.40. The van der Waals surface area contributed by atoms with Crippen molar-refractivity contribution in [2.24, 2.45) is 0 Å². The fraction of sp³-hybridized carbons (Fsp3) is 0. The van der Waals surface area contributed by atoms with Gasteiger partial charge in [-0.1, -0.05) is 0 Å². The van der Waals surface area contributed by atoms with Gasteiger partial charge in [0.15, 0.2) is 0 Å². The van der Waals surface area contributed by atoms with E-state index >= 15 is 0 Å². The molecule has 16 valence electrons. The van der Waals surface area contributed by atoms with Crippen molar-refractivity contribution in [1.29, 1.82) is 5.26 Å². The Kier molecular flexibility index (Phi) is 20.2. The molecule has 0 radical (unpaired) electrons. The molecule has 0 saturated carbocycles. The normalized spacial score (nSPS) is 2.25. The van der Waals surface area contributed by atoms with Crippen LogP contribution in [0, 0.1) is 5.43 Å². The van der Waals surface area contributed by atoms with Gasteiger partial charge in [-0.3, -0.25) is 0 Å². The Balaban J connectivity index is 0. The van der Waals surface area contributed by atoms with E-state index in [9.17, 15) is 0 Å². The average molecular weight is 117 g/mol. The van der Waals surface area contributed by atoms with Gasteiger partial charge in [0.1, 0.15) is 0 Å². The monoisotopic (exact) mass is 117 g/mol. The Labute approximate surface area is 70.1 Å². The molecule has 0 rings (SSSR count). The molecular formula is CCrKN. The van der Waals surface area contributed by atoms with Crippen LogP contribution in [-0.4, -0.2) is 49.0 Å². The van der Waals surface area contributed by atoms with Gasteiger partial charge in [0.2, 0.25) is 0 Å². The van der Waals surface area contributed by atoms with Gasteiger partial charge in [-0.25, -0.2) is 0 Å². The molecule has 1 nitrogen and oxygen atoms in total. The first-order valence-corrected chi connectivity index (χ1v) is 2.29. The van der Waals surface area contributed by atoms with E-state index < -0.39 is 0 Å². The summed E-state index contributed by atoms with van der Waals surface area (Å²) in [6.45, 7) is 0. The Hall–Kier alpha value is 1.66. The van der Waals surface area contributed by atoms with Crippen molar-refractivity contribution in [2.45, 2.75) is 0 Å². The second-order valence-electron chi connectivity index (χ2n) is 0.224. The molecule has 0 N–H and O–H groups in total. The van der Waals surface area contributed by atoms with Crippen molar-refractivity contribution in [3.8, 4) is 0.164 Å². The Morgan fingerprint density at radius 3 is 1.75 bits per heavy atom. The first-order chi connectivity index (χ1) is 1.41. The zero-order valence-electron chi connectivity index (χ0n) is 2.36. The molecule has 0 bridgehead atoms. The first-order valence-electron chi connectivity index (χ1n) is 0.724. The maximum absolute atomic E-state index is 7.40. The first kappa shape index (κ1) is 9.17. The van der Waals surface area contributed by atoms with Crippen LogP contribution in [-0.2, 0) is 17.4 Å². The third-order valence-corrected chi connectivity index (χ3v) is 0. The van der Waals surface area contributed by atoms with Gasteiger partial charge in [-0.15, -0.1) is 0 Å². The van der Waals surface area contributed by atoms with Gasteiger partial charge in [0, 0.05) is 17.4 Å². The largest absolute Gasteiger partial charge is 0 e. The van der Waals surface area contributed by atoms with Crippen LogP contribution in [0.1, 0.15) is 0 Å². The van der Waals surface area contributed by atoms with Crippen LogP contribution in [0.2, 0.25) is 0 Å². The Bertz CT molecular complexity index is 29.5. The summed E-state index contributed by atoms with van der Waals surface area (Å²) in [4.78, 5) is 0. The molecule has 0 aromatic rings. The zero-order valence-corrected chi connectivity index (χ0v) is 6.75. The van der Waals surface area contributed by atoms with Crippen molar-refractivity contribution < 1.29 is 17.4 Å². The number of nitriles is 1. The van der Waals surface area contributed by atoms with Crippen LogP contribution < -0.4 is 0 Å². The van der Waals surface area contributed by atoms with Crippen LogP contribution in [0.4, 0.5) is 0 Å². The van der Waals surface area contributed by atoms with Crippen molar-refractivity contribution in [3.63, 3.8) is 0 Å². The summed E-state index contributed by atoms with van der Waals surface area (Å²) < 4.78 is 1.94. The van der Waals surface area contributed by atoms with E-state index in [0.29, 0.717) is 49.0 Å². The number of nitrogens with zero attached hydrogens (tertiary/aromatic N) is 1. The van der Waals surface area contributed by atoms with E-state index in [1.54, 1.807) is 0 Å². The molecule has 0 amide bonds. The number of hydrogen-bond acceptors (Lipinski definition) is 1. The van der Waals surface area contributed by atoms with Crippen molar-refractivity contribution in [1.82, 2.24) is 0 Å². The van der Waals surface area contributed by atoms with E-state index in [1.165, 1.54) is 0 Å². The summed E-state index contributed by atoms with van der Waals surface area (Å²) in [5.41, 5.74) is 0. The minimum Gasteiger partial charge on any atom is 0 e. The van der Waals surface area contributed by atoms with Gasteiger partial charge >= 0.3 is 54.4 Å². The molecule has 0 unspecified atom stereocenters. The molecule has 0 saturated heterocycles. The molecule has 0 heterocycles. The Morgan fingerprint density at radius 1 is 1.75 bits per heavy atom. The van der Waals surface area contributed by atoms with Crippen LogP contribution in [0.15, 0.2) is 0 Å². The molecule has 4 heavy (non-hydrogen) atoms. The van der Waals surface area contributed by atoms with Crippen LogP contribution in [0.3, 0.4) is 0 Å². The number of hydrogen-bond donors (Lipinski definition) is 0. The van der Waals surface area contributed by atoms with Gasteiger partial charge in [-0.2, -0.15) is 0 Å². The minimum atomic E-state index is 0. The fourth-order valence-electron chi connectivity index (χ4n) is 0.